The van der Waals surface area contributed by atoms with E-state index in [2.05, 4.69) is 203 Å². The zero-order valence-electron chi connectivity index (χ0n) is 27.4. The summed E-state index contributed by atoms with van der Waals surface area (Å²) in [5.41, 5.74) is 14.4. The zero-order chi connectivity index (χ0) is 33.0. The number of hydrogen-bond acceptors (Lipinski definition) is 0. The first-order valence-corrected chi connectivity index (χ1v) is 17.2. The summed E-state index contributed by atoms with van der Waals surface area (Å²) in [5.74, 6) is 0. The van der Waals surface area contributed by atoms with Gasteiger partial charge in [0.15, 0.2) is 0 Å². The van der Waals surface area contributed by atoms with Crippen molar-refractivity contribution in [2.45, 2.75) is 0 Å². The summed E-state index contributed by atoms with van der Waals surface area (Å²) in [6, 6.07) is 70.4. The van der Waals surface area contributed by atoms with Gasteiger partial charge in [0.05, 0.1) is 27.8 Å². The number of rotatable bonds is 5. The summed E-state index contributed by atoms with van der Waals surface area (Å²) < 4.78 is 4.90. The number of hydrogen-bond donors (Lipinski definition) is 0. The fraction of sp³-hybridized carbons (Fsp3) is 0. The standard InChI is InChI=1S/C48H32N2/c1-3-14-33(15-4-1)34-26-28-35(29-27-34)37-18-13-19-38(30-37)49-45-24-11-8-21-40(45)42-31-43-41-22-9-12-25-46(41)50(48(43)32-47(42)49)44-23-10-7-20-39(44)36-16-5-2-6-17-36/h1-32H. The minimum absolute atomic E-state index is 1.15. The zero-order valence-corrected chi connectivity index (χ0v) is 27.4. The molecule has 2 nitrogen and oxygen atoms in total. The van der Waals surface area contributed by atoms with E-state index in [1.165, 1.54) is 82.7 Å². The molecule has 234 valence electrons. The van der Waals surface area contributed by atoms with Crippen LogP contribution in [0.4, 0.5) is 0 Å². The van der Waals surface area contributed by atoms with Gasteiger partial charge in [0.25, 0.3) is 0 Å². The summed E-state index contributed by atoms with van der Waals surface area (Å²) in [5, 5.41) is 5.02. The molecule has 2 heterocycles. The largest absolute Gasteiger partial charge is 0.309 e. The third-order valence-corrected chi connectivity index (χ3v) is 10.1. The molecule has 0 saturated carbocycles. The molecule has 0 amide bonds. The number of nitrogens with zero attached hydrogens (tertiary/aromatic N) is 2. The van der Waals surface area contributed by atoms with Gasteiger partial charge in [0.2, 0.25) is 0 Å². The first-order valence-electron chi connectivity index (χ1n) is 17.2. The number of benzene rings is 8. The molecule has 0 radical (unpaired) electrons. The lowest BCUT2D eigenvalue weighted by atomic mass is 10.00. The van der Waals surface area contributed by atoms with Crippen molar-refractivity contribution in [3.05, 3.63) is 194 Å². The second-order valence-corrected chi connectivity index (χ2v) is 13.0. The molecule has 0 unspecified atom stereocenters. The monoisotopic (exact) mass is 636 g/mol. The molecule has 0 fully saturated rings. The average Bonchev–Trinajstić information content (AvgIpc) is 3.70. The van der Waals surface area contributed by atoms with Crippen LogP contribution in [-0.4, -0.2) is 9.13 Å². The maximum Gasteiger partial charge on any atom is 0.0562 e. The van der Waals surface area contributed by atoms with Crippen LogP contribution in [0.5, 0.6) is 0 Å². The Morgan fingerprint density at radius 1 is 0.260 bits per heavy atom. The van der Waals surface area contributed by atoms with E-state index in [1.807, 2.05) is 0 Å². The van der Waals surface area contributed by atoms with Gasteiger partial charge in [0.1, 0.15) is 0 Å². The average molecular weight is 637 g/mol. The van der Waals surface area contributed by atoms with E-state index in [-0.39, 0.29) is 0 Å². The summed E-state index contributed by atoms with van der Waals surface area (Å²) in [7, 11) is 0. The summed E-state index contributed by atoms with van der Waals surface area (Å²) >= 11 is 0. The van der Waals surface area contributed by atoms with Gasteiger partial charge in [0, 0.05) is 32.8 Å². The molecule has 10 aromatic rings. The molecule has 2 aromatic heterocycles. The molecule has 2 heteroatoms. The van der Waals surface area contributed by atoms with E-state index in [0.29, 0.717) is 0 Å². The fourth-order valence-corrected chi connectivity index (χ4v) is 7.81. The van der Waals surface area contributed by atoms with Crippen LogP contribution in [0.25, 0.3) is 88.4 Å². The third-order valence-electron chi connectivity index (χ3n) is 10.1. The second kappa shape index (κ2) is 11.5. The van der Waals surface area contributed by atoms with Crippen LogP contribution in [0.15, 0.2) is 194 Å². The highest BCUT2D eigenvalue weighted by Gasteiger charge is 2.20. The first-order chi connectivity index (χ1) is 24.8. The molecule has 0 aliphatic heterocycles. The molecular formula is C48H32N2. The summed E-state index contributed by atoms with van der Waals surface area (Å²) in [6.07, 6.45) is 0. The van der Waals surface area contributed by atoms with E-state index in [4.69, 9.17) is 0 Å². The SMILES string of the molecule is c1ccc(-c2ccc(-c3cccc(-n4c5ccccc5c5cc6c7ccccc7n(-c7ccccc7-c7ccccc7)c6cc54)c3)cc2)cc1. The minimum atomic E-state index is 1.15. The Bertz CT molecular complexity index is 2840. The predicted molar refractivity (Wildman–Crippen MR) is 211 cm³/mol. The second-order valence-electron chi connectivity index (χ2n) is 13.0. The van der Waals surface area contributed by atoms with E-state index >= 15 is 0 Å². The Balaban J connectivity index is 1.21. The minimum Gasteiger partial charge on any atom is -0.309 e. The normalized spacial score (nSPS) is 11.6. The predicted octanol–water partition coefficient (Wildman–Crippen LogP) is 12.9. The van der Waals surface area contributed by atoms with Crippen molar-refractivity contribution in [3.8, 4) is 44.8 Å². The molecule has 0 aliphatic carbocycles. The molecule has 8 aromatic carbocycles. The van der Waals surface area contributed by atoms with Crippen LogP contribution >= 0.6 is 0 Å². The van der Waals surface area contributed by atoms with Crippen LogP contribution in [-0.2, 0) is 0 Å². The van der Waals surface area contributed by atoms with E-state index in [9.17, 15) is 0 Å². The van der Waals surface area contributed by atoms with Crippen LogP contribution < -0.4 is 0 Å². The lowest BCUT2D eigenvalue weighted by molar-refractivity contribution is 1.17. The topological polar surface area (TPSA) is 9.86 Å². The van der Waals surface area contributed by atoms with Crippen LogP contribution in [0, 0.1) is 0 Å². The first kappa shape index (κ1) is 28.4. The summed E-state index contributed by atoms with van der Waals surface area (Å²) in [4.78, 5) is 0. The van der Waals surface area contributed by atoms with E-state index < -0.39 is 0 Å². The number of fused-ring (bicyclic) bond motifs is 6. The Morgan fingerprint density at radius 3 is 1.46 bits per heavy atom. The molecule has 10 rings (SSSR count). The third kappa shape index (κ3) is 4.50. The van der Waals surface area contributed by atoms with Gasteiger partial charge in [-0.05, 0) is 70.3 Å². The van der Waals surface area contributed by atoms with Gasteiger partial charge in [-0.3, -0.25) is 0 Å². The Hall–Kier alpha value is -6.64. The molecule has 0 spiro atoms. The van der Waals surface area contributed by atoms with Crippen LogP contribution in [0.1, 0.15) is 0 Å². The number of aromatic nitrogens is 2. The van der Waals surface area contributed by atoms with Gasteiger partial charge in [-0.2, -0.15) is 0 Å². The van der Waals surface area contributed by atoms with Crippen molar-refractivity contribution in [2.24, 2.45) is 0 Å². The molecule has 0 atom stereocenters. The lowest BCUT2D eigenvalue weighted by Gasteiger charge is -2.14. The Labute approximate surface area is 290 Å². The maximum atomic E-state index is 2.46. The molecule has 0 aliphatic rings. The highest BCUT2D eigenvalue weighted by Crippen LogP contribution is 2.41. The van der Waals surface area contributed by atoms with Crippen molar-refractivity contribution in [2.75, 3.05) is 0 Å². The van der Waals surface area contributed by atoms with Crippen molar-refractivity contribution < 1.29 is 0 Å². The van der Waals surface area contributed by atoms with Crippen molar-refractivity contribution in [3.63, 3.8) is 0 Å². The highest BCUT2D eigenvalue weighted by molar-refractivity contribution is 6.19. The van der Waals surface area contributed by atoms with Gasteiger partial charge in [-0.15, -0.1) is 0 Å². The lowest BCUT2D eigenvalue weighted by Crippen LogP contribution is -1.98. The van der Waals surface area contributed by atoms with Crippen molar-refractivity contribution >= 4 is 43.6 Å². The smallest absolute Gasteiger partial charge is 0.0562 e. The van der Waals surface area contributed by atoms with Gasteiger partial charge in [-0.25, -0.2) is 0 Å². The molecule has 50 heavy (non-hydrogen) atoms. The quantitative estimate of drug-likeness (QED) is 0.178. The van der Waals surface area contributed by atoms with Gasteiger partial charge in [-0.1, -0.05) is 152 Å². The highest BCUT2D eigenvalue weighted by atomic mass is 15.0. The van der Waals surface area contributed by atoms with Gasteiger partial charge < -0.3 is 9.13 Å². The van der Waals surface area contributed by atoms with E-state index in [1.54, 1.807) is 0 Å². The molecular weight excluding hydrogens is 605 g/mol. The molecule has 0 bridgehead atoms. The van der Waals surface area contributed by atoms with E-state index in [0.717, 1.165) is 5.69 Å². The summed E-state index contributed by atoms with van der Waals surface area (Å²) in [6.45, 7) is 0. The maximum absolute atomic E-state index is 2.46. The van der Waals surface area contributed by atoms with Crippen LogP contribution in [0.3, 0.4) is 0 Å². The molecule has 0 N–H and O–H groups in total. The Kier molecular flexibility index (Phi) is 6.53. The number of para-hydroxylation sites is 3. The van der Waals surface area contributed by atoms with Crippen LogP contribution in [0.2, 0.25) is 0 Å². The van der Waals surface area contributed by atoms with Crippen molar-refractivity contribution in [1.82, 2.24) is 9.13 Å². The fourth-order valence-electron chi connectivity index (χ4n) is 7.81. The van der Waals surface area contributed by atoms with Crippen molar-refractivity contribution in [1.29, 1.82) is 0 Å². The molecule has 0 saturated heterocycles. The van der Waals surface area contributed by atoms with Gasteiger partial charge >= 0.3 is 0 Å². The Morgan fingerprint density at radius 2 is 0.760 bits per heavy atom.